The maximum absolute atomic E-state index is 12.8. The summed E-state index contributed by atoms with van der Waals surface area (Å²) in [7, 11) is 0. The maximum atomic E-state index is 12.8. The molecule has 0 spiro atoms. The number of amides is 2. The Morgan fingerprint density at radius 3 is 2.29 bits per heavy atom. The summed E-state index contributed by atoms with van der Waals surface area (Å²) in [4.78, 5) is 35.7. The number of nitro groups is 1. The van der Waals surface area contributed by atoms with Crippen LogP contribution in [0.2, 0.25) is 10.0 Å². The molecule has 4 aromatic rings. The first-order chi connectivity index (χ1) is 16.3. The quantitative estimate of drug-likeness (QED) is 0.266. The van der Waals surface area contributed by atoms with Crippen LogP contribution in [-0.2, 0) is 0 Å². The molecule has 34 heavy (non-hydrogen) atoms. The summed E-state index contributed by atoms with van der Waals surface area (Å²) in [6, 6.07) is 16.1. The van der Waals surface area contributed by atoms with E-state index in [2.05, 4.69) is 20.8 Å². The average molecular weight is 498 g/mol. The highest BCUT2D eigenvalue weighted by Crippen LogP contribution is 2.25. The Balaban J connectivity index is 1.50. The van der Waals surface area contributed by atoms with Crippen molar-refractivity contribution < 1.29 is 18.9 Å². The zero-order valence-corrected chi connectivity index (χ0v) is 18.5. The van der Waals surface area contributed by atoms with E-state index in [0.717, 1.165) is 0 Å². The maximum Gasteiger partial charge on any atom is 0.322 e. The van der Waals surface area contributed by atoms with Crippen LogP contribution in [-0.4, -0.2) is 26.9 Å². The molecule has 0 aliphatic rings. The predicted molar refractivity (Wildman–Crippen MR) is 125 cm³/mol. The van der Waals surface area contributed by atoms with Crippen LogP contribution < -0.4 is 10.6 Å². The van der Waals surface area contributed by atoms with Crippen molar-refractivity contribution in [2.45, 2.75) is 0 Å². The van der Waals surface area contributed by atoms with Gasteiger partial charge in [-0.2, -0.15) is 0 Å². The summed E-state index contributed by atoms with van der Waals surface area (Å²) < 4.78 is 5.44. The van der Waals surface area contributed by atoms with Gasteiger partial charge in [0.1, 0.15) is 0 Å². The Morgan fingerprint density at radius 1 is 0.882 bits per heavy atom. The molecule has 2 N–H and O–H groups in total. The molecular formula is C22H13Cl2N5O5. The lowest BCUT2D eigenvalue weighted by molar-refractivity contribution is -0.384. The Labute approximate surface area is 201 Å². The van der Waals surface area contributed by atoms with Gasteiger partial charge in [-0.05, 0) is 42.5 Å². The third-order valence-electron chi connectivity index (χ3n) is 4.57. The Kier molecular flexibility index (Phi) is 6.53. The van der Waals surface area contributed by atoms with Gasteiger partial charge >= 0.3 is 6.01 Å². The average Bonchev–Trinajstić information content (AvgIpc) is 3.27. The molecule has 170 valence electrons. The second kappa shape index (κ2) is 9.69. The predicted octanol–water partition coefficient (Wildman–Crippen LogP) is 5.46. The molecule has 0 aliphatic heterocycles. The van der Waals surface area contributed by atoms with Crippen LogP contribution >= 0.6 is 23.2 Å². The van der Waals surface area contributed by atoms with Crippen molar-refractivity contribution in [3.05, 3.63) is 98.0 Å². The zero-order chi connectivity index (χ0) is 24.2. The standard InChI is InChI=1S/C22H13Cl2N5O5/c23-13-7-10-15(17(24)11-13)19(30)25-18-4-2-1-3-16(18)20(31)26-22-28-27-21(34-22)12-5-8-14(9-6-12)29(32)33/h1-11H,(H,25,30)(H,26,28,31). The second-order valence-corrected chi connectivity index (χ2v) is 7.64. The number of anilines is 2. The zero-order valence-electron chi connectivity index (χ0n) is 17.0. The number of nitrogens with zero attached hydrogens (tertiary/aromatic N) is 3. The van der Waals surface area contributed by atoms with Crippen LogP contribution in [0.25, 0.3) is 11.5 Å². The second-order valence-electron chi connectivity index (χ2n) is 6.79. The molecule has 0 bridgehead atoms. The van der Waals surface area contributed by atoms with E-state index in [-0.39, 0.29) is 39.4 Å². The van der Waals surface area contributed by atoms with E-state index in [0.29, 0.717) is 10.6 Å². The van der Waals surface area contributed by atoms with Crippen LogP contribution in [0.15, 0.2) is 71.1 Å². The Morgan fingerprint density at radius 2 is 1.59 bits per heavy atom. The van der Waals surface area contributed by atoms with Crippen molar-refractivity contribution in [2.75, 3.05) is 10.6 Å². The van der Waals surface area contributed by atoms with Gasteiger partial charge in [0, 0.05) is 22.7 Å². The molecule has 3 aromatic carbocycles. The van der Waals surface area contributed by atoms with Crippen molar-refractivity contribution >= 4 is 52.4 Å². The number of non-ortho nitro benzene ring substituents is 1. The van der Waals surface area contributed by atoms with Crippen LogP contribution in [0.5, 0.6) is 0 Å². The molecule has 0 radical (unpaired) electrons. The van der Waals surface area contributed by atoms with E-state index in [9.17, 15) is 19.7 Å². The molecule has 4 rings (SSSR count). The SMILES string of the molecule is O=C(Nc1ccccc1C(=O)Nc1nnc(-c2ccc([N+](=O)[O-])cc2)o1)c1ccc(Cl)cc1Cl. The highest BCUT2D eigenvalue weighted by molar-refractivity contribution is 6.37. The molecule has 0 fully saturated rings. The molecule has 2 amide bonds. The number of aromatic nitrogens is 2. The van der Waals surface area contributed by atoms with Crippen LogP contribution in [0.3, 0.4) is 0 Å². The minimum Gasteiger partial charge on any atom is -0.403 e. The topological polar surface area (TPSA) is 140 Å². The van der Waals surface area contributed by atoms with Gasteiger partial charge in [-0.1, -0.05) is 40.4 Å². The van der Waals surface area contributed by atoms with Crippen molar-refractivity contribution in [3.63, 3.8) is 0 Å². The van der Waals surface area contributed by atoms with Crippen LogP contribution in [0.1, 0.15) is 20.7 Å². The largest absolute Gasteiger partial charge is 0.403 e. The Hall–Kier alpha value is -4.28. The number of benzene rings is 3. The lowest BCUT2D eigenvalue weighted by atomic mass is 10.1. The molecule has 1 heterocycles. The Bertz CT molecular complexity index is 1410. The lowest BCUT2D eigenvalue weighted by Gasteiger charge is -2.11. The van der Waals surface area contributed by atoms with Crippen LogP contribution in [0.4, 0.5) is 17.4 Å². The minimum atomic E-state index is -0.614. The van der Waals surface area contributed by atoms with Crippen molar-refractivity contribution in [3.8, 4) is 11.5 Å². The van der Waals surface area contributed by atoms with Gasteiger partial charge in [0.05, 0.1) is 26.8 Å². The van der Waals surface area contributed by atoms with E-state index in [1.165, 1.54) is 48.5 Å². The summed E-state index contributed by atoms with van der Waals surface area (Å²) >= 11 is 12.0. The van der Waals surface area contributed by atoms with Gasteiger partial charge in [-0.25, -0.2) is 0 Å². The summed E-state index contributed by atoms with van der Waals surface area (Å²) in [6.45, 7) is 0. The molecule has 10 nitrogen and oxygen atoms in total. The molecule has 0 atom stereocenters. The van der Waals surface area contributed by atoms with E-state index >= 15 is 0 Å². The van der Waals surface area contributed by atoms with E-state index in [1.54, 1.807) is 18.2 Å². The van der Waals surface area contributed by atoms with Gasteiger partial charge in [0.15, 0.2) is 0 Å². The first-order valence-electron chi connectivity index (χ1n) is 9.57. The fraction of sp³-hybridized carbons (Fsp3) is 0. The van der Waals surface area contributed by atoms with Gasteiger partial charge in [-0.3, -0.25) is 25.0 Å². The summed E-state index contributed by atoms with van der Waals surface area (Å²) in [5.41, 5.74) is 0.898. The van der Waals surface area contributed by atoms with Gasteiger partial charge in [-0.15, -0.1) is 5.10 Å². The number of para-hydroxylation sites is 1. The van der Waals surface area contributed by atoms with E-state index < -0.39 is 16.7 Å². The normalized spacial score (nSPS) is 10.5. The number of rotatable bonds is 6. The summed E-state index contributed by atoms with van der Waals surface area (Å²) in [6.07, 6.45) is 0. The van der Waals surface area contributed by atoms with Crippen molar-refractivity contribution in [2.24, 2.45) is 0 Å². The monoisotopic (exact) mass is 497 g/mol. The fourth-order valence-electron chi connectivity index (χ4n) is 2.93. The van der Waals surface area contributed by atoms with Crippen molar-refractivity contribution in [1.29, 1.82) is 0 Å². The molecule has 1 aromatic heterocycles. The molecule has 0 unspecified atom stereocenters. The molecule has 0 aliphatic carbocycles. The molecular weight excluding hydrogens is 485 g/mol. The van der Waals surface area contributed by atoms with E-state index in [1.807, 2.05) is 0 Å². The highest BCUT2D eigenvalue weighted by atomic mass is 35.5. The minimum absolute atomic E-state index is 0.0594. The number of hydrogen-bond acceptors (Lipinski definition) is 7. The third-order valence-corrected chi connectivity index (χ3v) is 5.11. The molecule has 12 heteroatoms. The smallest absolute Gasteiger partial charge is 0.322 e. The molecule has 0 saturated heterocycles. The first kappa shape index (κ1) is 22.9. The number of nitrogens with one attached hydrogen (secondary N) is 2. The number of carbonyl (C=O) groups is 2. The molecule has 0 saturated carbocycles. The highest BCUT2D eigenvalue weighted by Gasteiger charge is 2.18. The number of carbonyl (C=O) groups excluding carboxylic acids is 2. The van der Waals surface area contributed by atoms with Gasteiger partial charge < -0.3 is 9.73 Å². The summed E-state index contributed by atoms with van der Waals surface area (Å²) in [5.74, 6) is -1.08. The third kappa shape index (κ3) is 5.03. The van der Waals surface area contributed by atoms with Crippen LogP contribution in [0, 0.1) is 10.1 Å². The first-order valence-corrected chi connectivity index (χ1v) is 10.3. The number of hydrogen-bond donors (Lipinski definition) is 2. The van der Waals surface area contributed by atoms with Crippen molar-refractivity contribution in [1.82, 2.24) is 10.2 Å². The van der Waals surface area contributed by atoms with Gasteiger partial charge in [0.2, 0.25) is 5.89 Å². The fourth-order valence-corrected chi connectivity index (χ4v) is 3.43. The number of halogens is 2. The summed E-state index contributed by atoms with van der Waals surface area (Å²) in [5, 5.41) is 24.1. The lowest BCUT2D eigenvalue weighted by Crippen LogP contribution is -2.18. The van der Waals surface area contributed by atoms with Gasteiger partial charge in [0.25, 0.3) is 17.5 Å². The van der Waals surface area contributed by atoms with E-state index in [4.69, 9.17) is 27.6 Å². The number of nitro benzene ring substituents is 1.